The fourth-order valence-corrected chi connectivity index (χ4v) is 9.57. The van der Waals surface area contributed by atoms with Crippen molar-refractivity contribution >= 4 is 21.8 Å². The van der Waals surface area contributed by atoms with Crippen molar-refractivity contribution in [3.8, 4) is 73.5 Å². The molecule has 10 aromatic rings. The monoisotopic (exact) mass is 829 g/mol. The molecule has 5 heteroatoms. The molecular weight excluding hydrogens is 779 g/mol. The number of nitrogens with zero attached hydrogens (tertiary/aromatic N) is 5. The second-order valence-corrected chi connectivity index (χ2v) is 17.4. The molecule has 0 saturated carbocycles. The molecule has 5 nitrogen and oxygen atoms in total. The van der Waals surface area contributed by atoms with Crippen molar-refractivity contribution in [2.45, 2.75) is 62.3 Å². The van der Waals surface area contributed by atoms with Crippen molar-refractivity contribution in [1.29, 1.82) is 0 Å². The molecule has 0 amide bonds. The lowest BCUT2D eigenvalue weighted by Crippen LogP contribution is -2.06. The van der Waals surface area contributed by atoms with Gasteiger partial charge in [-0.2, -0.15) is 0 Å². The van der Waals surface area contributed by atoms with E-state index < -0.39 is 0 Å². The first-order chi connectivity index (χ1) is 31.0. The molecule has 7 aromatic carbocycles. The Morgan fingerprint density at radius 1 is 0.312 bits per heavy atom. The summed E-state index contributed by atoms with van der Waals surface area (Å²) in [5, 5.41) is 2.62. The van der Waals surface area contributed by atoms with Gasteiger partial charge in [0.2, 0.25) is 0 Å². The summed E-state index contributed by atoms with van der Waals surface area (Å²) in [5.41, 5.74) is 24.3. The molecule has 0 radical (unpaired) electrons. The maximum Gasteiger partial charge on any atom is 0.162 e. The van der Waals surface area contributed by atoms with E-state index in [9.17, 15) is 0 Å². The first-order valence-electron chi connectivity index (χ1n) is 22.2. The molecule has 0 aliphatic heterocycles. The SMILES string of the molecule is Cc1cc(-n2c3c(C)c(C)c(C)c(C)c3c3c(C)c(C)c(C)c(C)c32)c(-c2nc(-c3ccccc3)cc(-c3ccccc3)n2)cc1-c1nc(-c2ccccc2)cc(-c2ccccc2)n1. The van der Waals surface area contributed by atoms with Crippen LogP contribution in [0.4, 0.5) is 0 Å². The molecular formula is C59H51N5. The maximum absolute atomic E-state index is 5.50. The highest BCUT2D eigenvalue weighted by molar-refractivity contribution is 6.16. The van der Waals surface area contributed by atoms with Gasteiger partial charge in [0.05, 0.1) is 39.5 Å². The Labute approximate surface area is 376 Å². The van der Waals surface area contributed by atoms with Crippen molar-refractivity contribution in [3.05, 3.63) is 196 Å². The third kappa shape index (κ3) is 6.71. The summed E-state index contributed by atoms with van der Waals surface area (Å²) in [6.45, 7) is 20.5. The highest BCUT2D eigenvalue weighted by atomic mass is 15.0. The highest BCUT2D eigenvalue weighted by Crippen LogP contribution is 2.46. The number of rotatable bonds is 7. The highest BCUT2D eigenvalue weighted by Gasteiger charge is 2.27. The van der Waals surface area contributed by atoms with Crippen LogP contribution in [0.2, 0.25) is 0 Å². The molecule has 0 fully saturated rings. The summed E-state index contributed by atoms with van der Waals surface area (Å²) in [7, 11) is 0. The van der Waals surface area contributed by atoms with Crippen LogP contribution in [0.15, 0.2) is 146 Å². The first kappa shape index (κ1) is 40.6. The molecule has 0 spiro atoms. The molecule has 0 atom stereocenters. The van der Waals surface area contributed by atoms with E-state index in [2.05, 4.69) is 188 Å². The summed E-state index contributed by atoms with van der Waals surface area (Å²) >= 11 is 0. The molecule has 0 aliphatic carbocycles. The lowest BCUT2D eigenvalue weighted by atomic mass is 9.90. The van der Waals surface area contributed by atoms with E-state index in [1.54, 1.807) is 0 Å². The zero-order valence-corrected chi connectivity index (χ0v) is 38.1. The van der Waals surface area contributed by atoms with E-state index in [0.29, 0.717) is 11.6 Å². The summed E-state index contributed by atoms with van der Waals surface area (Å²) < 4.78 is 2.54. The van der Waals surface area contributed by atoms with Gasteiger partial charge >= 0.3 is 0 Å². The molecule has 3 aromatic heterocycles. The van der Waals surface area contributed by atoms with Crippen LogP contribution in [0, 0.1) is 62.3 Å². The smallest absolute Gasteiger partial charge is 0.162 e. The fourth-order valence-electron chi connectivity index (χ4n) is 9.57. The normalized spacial score (nSPS) is 11.5. The Morgan fingerprint density at radius 3 is 0.969 bits per heavy atom. The van der Waals surface area contributed by atoms with Crippen LogP contribution >= 0.6 is 0 Å². The topological polar surface area (TPSA) is 56.5 Å². The number of hydrogen-bond donors (Lipinski definition) is 0. The average Bonchev–Trinajstić information content (AvgIpc) is 3.71. The third-order valence-electron chi connectivity index (χ3n) is 13.8. The van der Waals surface area contributed by atoms with E-state index in [1.165, 1.54) is 66.3 Å². The van der Waals surface area contributed by atoms with Gasteiger partial charge in [0.15, 0.2) is 11.6 Å². The zero-order valence-electron chi connectivity index (χ0n) is 38.1. The van der Waals surface area contributed by atoms with Crippen LogP contribution < -0.4 is 0 Å². The Balaban J connectivity index is 1.37. The van der Waals surface area contributed by atoms with Crippen LogP contribution in [-0.2, 0) is 0 Å². The van der Waals surface area contributed by atoms with Crippen molar-refractivity contribution in [2.24, 2.45) is 0 Å². The predicted molar refractivity (Wildman–Crippen MR) is 267 cm³/mol. The molecule has 64 heavy (non-hydrogen) atoms. The minimum Gasteiger partial charge on any atom is -0.308 e. The second kappa shape index (κ2) is 16.0. The number of aryl methyl sites for hydroxylation is 5. The van der Waals surface area contributed by atoms with Crippen molar-refractivity contribution < 1.29 is 0 Å². The van der Waals surface area contributed by atoms with Gasteiger partial charge in [-0.05, 0) is 137 Å². The van der Waals surface area contributed by atoms with Crippen molar-refractivity contribution in [2.75, 3.05) is 0 Å². The van der Waals surface area contributed by atoms with Crippen LogP contribution in [-0.4, -0.2) is 24.5 Å². The standard InChI is InChI=1S/C59H51N5/c1-34-30-53(64-56-41(8)37(4)35(2)39(6)54(56)55-40(7)36(3)38(5)42(9)57(55)64)48(59-62-51(45-26-18-12-19-27-45)33-52(63-59)46-28-20-13-21-29-46)31-47(34)58-60-49(43-22-14-10-15-23-43)32-50(61-58)44-24-16-11-17-25-44/h10-33H,1-9H3. The number of benzene rings is 7. The van der Waals surface area contributed by atoms with Crippen molar-refractivity contribution in [3.63, 3.8) is 0 Å². The largest absolute Gasteiger partial charge is 0.308 e. The van der Waals surface area contributed by atoms with Crippen LogP contribution in [0.3, 0.4) is 0 Å². The molecule has 3 heterocycles. The Bertz CT molecular complexity index is 3250. The lowest BCUT2D eigenvalue weighted by Gasteiger charge is -2.21. The molecule has 10 rings (SSSR count). The number of hydrogen-bond acceptors (Lipinski definition) is 4. The predicted octanol–water partition coefficient (Wildman–Crippen LogP) is 15.1. The van der Waals surface area contributed by atoms with Gasteiger partial charge in [0, 0.05) is 44.2 Å². The fraction of sp³-hybridized carbons (Fsp3) is 0.153. The van der Waals surface area contributed by atoms with Gasteiger partial charge in [-0.25, -0.2) is 19.9 Å². The Morgan fingerprint density at radius 2 is 0.625 bits per heavy atom. The van der Waals surface area contributed by atoms with Gasteiger partial charge in [0.1, 0.15) is 0 Å². The van der Waals surface area contributed by atoms with E-state index in [4.69, 9.17) is 19.9 Å². The van der Waals surface area contributed by atoms with Crippen LogP contribution in [0.5, 0.6) is 0 Å². The quantitative estimate of drug-likeness (QED) is 0.161. The third-order valence-corrected chi connectivity index (χ3v) is 13.8. The molecule has 312 valence electrons. The Hall–Kier alpha value is -7.50. The minimum atomic E-state index is 0.630. The maximum atomic E-state index is 5.50. The molecule has 0 unspecified atom stereocenters. The zero-order chi connectivity index (χ0) is 44.4. The van der Waals surface area contributed by atoms with E-state index in [-0.39, 0.29) is 0 Å². The van der Waals surface area contributed by atoms with E-state index >= 15 is 0 Å². The van der Waals surface area contributed by atoms with Crippen LogP contribution in [0.25, 0.3) is 95.3 Å². The average molecular weight is 830 g/mol. The van der Waals surface area contributed by atoms with Gasteiger partial charge in [-0.3, -0.25) is 0 Å². The molecule has 0 saturated heterocycles. The molecule has 0 N–H and O–H groups in total. The number of aromatic nitrogens is 5. The summed E-state index contributed by atoms with van der Waals surface area (Å²) in [6.07, 6.45) is 0. The first-order valence-corrected chi connectivity index (χ1v) is 22.2. The Kier molecular flexibility index (Phi) is 10.1. The van der Waals surface area contributed by atoms with E-state index in [0.717, 1.165) is 67.4 Å². The van der Waals surface area contributed by atoms with Crippen LogP contribution in [0.1, 0.15) is 50.1 Å². The summed E-state index contributed by atoms with van der Waals surface area (Å²) in [5.74, 6) is 1.28. The molecule has 0 bridgehead atoms. The summed E-state index contributed by atoms with van der Waals surface area (Å²) in [4.78, 5) is 21.7. The van der Waals surface area contributed by atoms with E-state index in [1.807, 2.05) is 24.3 Å². The van der Waals surface area contributed by atoms with Gasteiger partial charge in [-0.15, -0.1) is 0 Å². The lowest BCUT2D eigenvalue weighted by molar-refractivity contribution is 1.10. The second-order valence-electron chi connectivity index (χ2n) is 17.4. The van der Waals surface area contributed by atoms with Gasteiger partial charge in [0.25, 0.3) is 0 Å². The van der Waals surface area contributed by atoms with Gasteiger partial charge < -0.3 is 4.57 Å². The number of fused-ring (bicyclic) bond motifs is 3. The van der Waals surface area contributed by atoms with Crippen molar-refractivity contribution in [1.82, 2.24) is 24.5 Å². The molecule has 0 aliphatic rings. The minimum absolute atomic E-state index is 0.630. The summed E-state index contributed by atoms with van der Waals surface area (Å²) in [6, 6.07) is 50.4. The van der Waals surface area contributed by atoms with Gasteiger partial charge in [-0.1, -0.05) is 121 Å².